The van der Waals surface area contributed by atoms with Gasteiger partial charge in [0.05, 0.1) is 29.8 Å². The monoisotopic (exact) mass is 1040 g/mol. The molecular weight excluding hydrogens is 971 g/mol. The number of allylic oxidation sites excluding steroid dienone is 1. The highest BCUT2D eigenvalue weighted by Crippen LogP contribution is 2.62. The Kier molecular flexibility index (Phi) is 17.0. The van der Waals surface area contributed by atoms with Crippen LogP contribution in [-0.2, 0) is 25.7 Å². The molecule has 2 aliphatic carbocycles. The zero-order valence-corrected chi connectivity index (χ0v) is 43.4. The van der Waals surface area contributed by atoms with Crippen LogP contribution < -0.4 is 9.47 Å². The highest BCUT2D eigenvalue weighted by atomic mass is 16.8. The van der Waals surface area contributed by atoms with E-state index in [-0.39, 0.29) is 62.1 Å². The summed E-state index contributed by atoms with van der Waals surface area (Å²) in [7, 11) is 0. The molecule has 0 bridgehead atoms. The summed E-state index contributed by atoms with van der Waals surface area (Å²) >= 11 is 0. The number of nitrogens with zero attached hydrogens (tertiary/aromatic N) is 3. The summed E-state index contributed by atoms with van der Waals surface area (Å²) in [6.07, 6.45) is 13.8. The second-order valence-corrected chi connectivity index (χ2v) is 20.5. The van der Waals surface area contributed by atoms with Gasteiger partial charge in [-0.2, -0.15) is 0 Å². The van der Waals surface area contributed by atoms with Crippen molar-refractivity contribution in [1.82, 2.24) is 4.90 Å². The predicted molar refractivity (Wildman–Crippen MR) is 298 cm³/mol. The third-order valence-electron chi connectivity index (χ3n) is 15.7. The summed E-state index contributed by atoms with van der Waals surface area (Å²) in [6.45, 7) is 5.07. The van der Waals surface area contributed by atoms with Crippen LogP contribution in [0.3, 0.4) is 0 Å². The Morgan fingerprint density at radius 2 is 1.58 bits per heavy atom. The number of unbranched alkanes of at least 4 members (excludes halogenated alkanes) is 2. The van der Waals surface area contributed by atoms with Gasteiger partial charge >= 0.3 is 0 Å². The Morgan fingerprint density at radius 1 is 0.844 bits per heavy atom. The molecule has 13 heteroatoms. The molecule has 2 fully saturated rings. The highest BCUT2D eigenvalue weighted by Gasteiger charge is 2.65. The fourth-order valence-electron chi connectivity index (χ4n) is 12.0. The standard InChI is InChI=1S/C64H67N3O10/c1-2-38-74-64-59(66(43-49-20-14-19-47-17-6-7-21-53(47)49)60(70)35-26-44-24-29-50(30-25-44)67(71)72)42-57(65-77-61-23-10-13-39-73-61)55-40-48(18-8-11-36-68)54(22-9-12-37-69)62(63(55)64)56-41-52(33-34-58(56)76-64)75-51-31-27-46(28-32-51)45-15-4-3-5-16-45/h2-7,14-17,19-21,24-35,40-41,48,54,59,61-63,68-69H,1,8-13,18,22-23,36-39,42-43H2. The normalized spacial score (nSPS) is 23.1. The maximum Gasteiger partial charge on any atom is 0.269 e. The molecule has 0 radical (unpaired) electrons. The van der Waals surface area contributed by atoms with E-state index in [0.717, 1.165) is 77.1 Å². The Hall–Kier alpha value is -7.42. The molecule has 7 atom stereocenters. The number of oxime groups is 1. The molecule has 1 amide bonds. The van der Waals surface area contributed by atoms with Crippen LogP contribution in [0.4, 0.5) is 5.69 Å². The van der Waals surface area contributed by atoms with E-state index in [1.54, 1.807) is 24.3 Å². The van der Waals surface area contributed by atoms with Crippen molar-refractivity contribution in [2.75, 3.05) is 26.4 Å². The van der Waals surface area contributed by atoms with Crippen LogP contribution in [0.2, 0.25) is 0 Å². The number of fused-ring (bicyclic) bond motifs is 3. The number of nitro benzene ring substituents is 1. The van der Waals surface area contributed by atoms with Gasteiger partial charge in [0.25, 0.3) is 5.69 Å². The summed E-state index contributed by atoms with van der Waals surface area (Å²) in [5, 5.41) is 39.0. The lowest BCUT2D eigenvalue weighted by Gasteiger charge is -2.60. The first-order chi connectivity index (χ1) is 37.8. The first kappa shape index (κ1) is 53.0. The summed E-state index contributed by atoms with van der Waals surface area (Å²) < 4.78 is 27.7. The SMILES string of the molecule is C=CCOC12Oc3ccc(Oc4ccc(-c5ccccc5)cc4)cc3C3C(CCCCO)C(CCCCO)C=C(C(=NOC4CCCCO4)CC1N(Cc1cccc4ccccc14)C(=O)C=Cc1ccc([N+](=O)[O-])cc1)C32. The average Bonchev–Trinajstić information content (AvgIpc) is 3.65. The molecular formula is C64H67N3O10. The maximum atomic E-state index is 15.6. The van der Waals surface area contributed by atoms with Gasteiger partial charge in [-0.15, -0.1) is 6.58 Å². The van der Waals surface area contributed by atoms with E-state index in [1.807, 2.05) is 71.6 Å². The number of nitro groups is 1. The molecule has 1 saturated carbocycles. The molecule has 2 heterocycles. The van der Waals surface area contributed by atoms with Gasteiger partial charge in [0.15, 0.2) is 0 Å². The lowest BCUT2D eigenvalue weighted by molar-refractivity contribution is -0.384. The molecule has 6 aromatic carbocycles. The van der Waals surface area contributed by atoms with Crippen molar-refractivity contribution < 1.29 is 43.7 Å². The Morgan fingerprint density at radius 3 is 2.34 bits per heavy atom. The molecule has 1 saturated heterocycles. The quantitative estimate of drug-likeness (QED) is 0.0220. The fourth-order valence-corrected chi connectivity index (χ4v) is 12.0. The summed E-state index contributed by atoms with van der Waals surface area (Å²) in [4.78, 5) is 35.0. The smallest absolute Gasteiger partial charge is 0.269 e. The van der Waals surface area contributed by atoms with Crippen LogP contribution in [-0.4, -0.2) is 76.2 Å². The van der Waals surface area contributed by atoms with Crippen molar-refractivity contribution in [3.8, 4) is 28.4 Å². The number of amides is 1. The zero-order chi connectivity index (χ0) is 53.1. The minimum absolute atomic E-state index is 0.0142. The topological polar surface area (TPSA) is 162 Å². The molecule has 398 valence electrons. The molecule has 7 unspecified atom stereocenters. The van der Waals surface area contributed by atoms with Gasteiger partial charge in [0.2, 0.25) is 18.0 Å². The minimum Gasteiger partial charge on any atom is -0.459 e. The van der Waals surface area contributed by atoms with Crippen LogP contribution >= 0.6 is 0 Å². The van der Waals surface area contributed by atoms with Gasteiger partial charge in [-0.1, -0.05) is 115 Å². The molecule has 13 nitrogen and oxygen atoms in total. The summed E-state index contributed by atoms with van der Waals surface area (Å²) in [5.41, 5.74) is 6.15. The number of hydrogen-bond donors (Lipinski definition) is 2. The molecule has 0 aromatic heterocycles. The van der Waals surface area contributed by atoms with Gasteiger partial charge in [-0.3, -0.25) is 14.9 Å². The van der Waals surface area contributed by atoms with E-state index in [4.69, 9.17) is 28.9 Å². The highest BCUT2D eigenvalue weighted by molar-refractivity contribution is 6.03. The van der Waals surface area contributed by atoms with Gasteiger partial charge in [-0.25, -0.2) is 0 Å². The fraction of sp³-hybridized carbons (Fsp3) is 0.344. The maximum absolute atomic E-state index is 15.6. The van der Waals surface area contributed by atoms with Gasteiger partial charge < -0.3 is 38.9 Å². The molecule has 0 spiro atoms. The van der Waals surface area contributed by atoms with E-state index in [2.05, 4.69) is 61.2 Å². The van der Waals surface area contributed by atoms with Crippen LogP contribution in [0, 0.1) is 27.9 Å². The van der Waals surface area contributed by atoms with E-state index in [0.29, 0.717) is 54.4 Å². The number of aliphatic hydroxyl groups excluding tert-OH is 2. The third kappa shape index (κ3) is 11.8. The van der Waals surface area contributed by atoms with Crippen LogP contribution in [0.1, 0.15) is 86.8 Å². The third-order valence-corrected chi connectivity index (χ3v) is 15.7. The Bertz CT molecular complexity index is 3090. The lowest BCUT2D eigenvalue weighted by atomic mass is 9.55. The number of benzene rings is 6. The number of carbonyl (C=O) groups excluding carboxylic acids is 1. The molecule has 77 heavy (non-hydrogen) atoms. The van der Waals surface area contributed by atoms with Crippen molar-refractivity contribution >= 4 is 34.2 Å². The number of ether oxygens (including phenoxy) is 4. The molecule has 2 aliphatic heterocycles. The van der Waals surface area contributed by atoms with Crippen molar-refractivity contribution in [2.45, 2.75) is 94.8 Å². The molecule has 2 N–H and O–H groups in total. The molecule has 6 aromatic rings. The zero-order valence-electron chi connectivity index (χ0n) is 43.4. The van der Waals surface area contributed by atoms with Crippen molar-refractivity contribution in [1.29, 1.82) is 0 Å². The first-order valence-electron chi connectivity index (χ1n) is 27.2. The summed E-state index contributed by atoms with van der Waals surface area (Å²) in [6, 6.07) is 43.7. The predicted octanol–water partition coefficient (Wildman–Crippen LogP) is 13.1. The van der Waals surface area contributed by atoms with E-state index in [1.165, 1.54) is 18.2 Å². The van der Waals surface area contributed by atoms with Crippen LogP contribution in [0.5, 0.6) is 17.2 Å². The van der Waals surface area contributed by atoms with Crippen LogP contribution in [0.15, 0.2) is 175 Å². The average molecular weight is 1040 g/mol. The van der Waals surface area contributed by atoms with Crippen molar-refractivity contribution in [3.05, 3.63) is 197 Å². The van der Waals surface area contributed by atoms with E-state index >= 15 is 4.79 Å². The Balaban J connectivity index is 1.16. The number of hydrogen-bond acceptors (Lipinski definition) is 11. The number of rotatable bonds is 22. The number of aliphatic hydroxyl groups is 2. The van der Waals surface area contributed by atoms with Gasteiger partial charge in [0, 0.05) is 62.3 Å². The minimum atomic E-state index is -1.54. The number of carbonyl (C=O) groups is 1. The van der Waals surface area contributed by atoms with E-state index in [9.17, 15) is 20.3 Å². The van der Waals surface area contributed by atoms with E-state index < -0.39 is 29.0 Å². The second kappa shape index (κ2) is 24.7. The summed E-state index contributed by atoms with van der Waals surface area (Å²) in [5.74, 6) is -0.847. The van der Waals surface area contributed by atoms with Gasteiger partial charge in [-0.05, 0) is 138 Å². The second-order valence-electron chi connectivity index (χ2n) is 20.5. The lowest BCUT2D eigenvalue weighted by Crippen LogP contribution is -2.70. The van der Waals surface area contributed by atoms with Crippen molar-refractivity contribution in [2.24, 2.45) is 22.9 Å². The largest absolute Gasteiger partial charge is 0.459 e. The molecule has 4 aliphatic rings. The Labute approximate surface area is 450 Å². The first-order valence-corrected chi connectivity index (χ1v) is 27.2. The van der Waals surface area contributed by atoms with Crippen LogP contribution in [0.25, 0.3) is 28.0 Å². The van der Waals surface area contributed by atoms with Gasteiger partial charge in [0.1, 0.15) is 23.3 Å². The number of non-ortho nitro benzene ring substituents is 1. The van der Waals surface area contributed by atoms with Crippen molar-refractivity contribution in [3.63, 3.8) is 0 Å². The molecule has 10 rings (SSSR count).